The molecule has 12 heteroatoms. The first-order valence-corrected chi connectivity index (χ1v) is 10.9. The summed E-state index contributed by atoms with van der Waals surface area (Å²) >= 11 is 7.59. The number of amidine groups is 1. The number of nitrogens with one attached hydrogen (secondary N) is 3. The predicted molar refractivity (Wildman–Crippen MR) is 120 cm³/mol. The van der Waals surface area contributed by atoms with Crippen molar-refractivity contribution in [3.05, 3.63) is 46.9 Å². The number of ether oxygens (including phenoxy) is 1. The van der Waals surface area contributed by atoms with Crippen LogP contribution >= 0.6 is 23.5 Å². The summed E-state index contributed by atoms with van der Waals surface area (Å²) < 4.78 is 21.0. The molecule has 0 saturated carbocycles. The summed E-state index contributed by atoms with van der Waals surface area (Å²) in [5.41, 5.74) is 4.09. The van der Waals surface area contributed by atoms with Crippen LogP contribution in [0, 0.1) is 5.82 Å². The summed E-state index contributed by atoms with van der Waals surface area (Å²) in [5, 5.41) is 12.9. The number of hydroxylamine groups is 1. The van der Waals surface area contributed by atoms with Crippen molar-refractivity contribution < 1.29 is 14.3 Å². The average Bonchev–Trinajstić information content (AvgIpc) is 3.21. The van der Waals surface area contributed by atoms with E-state index in [1.807, 2.05) is 0 Å². The standard InChI is InChI=1S/C19H21ClFN7O2S/c20-14-11-12(1-2-15(14)21)24-17(27-29)13-3-4-22-18-16(13)25-19(26-18)23-5-10-31-28-6-8-30-9-7-28/h1-4,11,29H,5-10H2,(H,24,27)(H2,22,23,25,26). The lowest BCUT2D eigenvalue weighted by Gasteiger charge is -2.25. The first-order chi connectivity index (χ1) is 15.1. The second-order valence-electron chi connectivity index (χ2n) is 6.61. The van der Waals surface area contributed by atoms with Crippen LogP contribution in [0.2, 0.25) is 5.02 Å². The molecule has 0 radical (unpaired) electrons. The number of aliphatic imine (C=N–C) groups is 1. The Balaban J connectivity index is 1.48. The minimum atomic E-state index is -0.540. The number of aromatic nitrogens is 3. The maximum Gasteiger partial charge on any atom is 0.202 e. The van der Waals surface area contributed by atoms with Gasteiger partial charge in [0.2, 0.25) is 5.95 Å². The number of rotatable bonds is 7. The van der Waals surface area contributed by atoms with E-state index in [9.17, 15) is 9.60 Å². The number of H-pyrrole nitrogens is 1. The van der Waals surface area contributed by atoms with Crippen LogP contribution in [0.1, 0.15) is 5.56 Å². The predicted octanol–water partition coefficient (Wildman–Crippen LogP) is 3.20. The van der Waals surface area contributed by atoms with Gasteiger partial charge in [0.25, 0.3) is 0 Å². The summed E-state index contributed by atoms with van der Waals surface area (Å²) in [6.45, 7) is 4.11. The maximum atomic E-state index is 13.4. The van der Waals surface area contributed by atoms with Crippen molar-refractivity contribution in [2.45, 2.75) is 0 Å². The van der Waals surface area contributed by atoms with Gasteiger partial charge in [-0.05, 0) is 24.3 Å². The lowest BCUT2D eigenvalue weighted by Crippen LogP contribution is -2.31. The summed E-state index contributed by atoms with van der Waals surface area (Å²) in [4.78, 5) is 16.2. The number of hydrogen-bond acceptors (Lipinski definition) is 8. The van der Waals surface area contributed by atoms with E-state index >= 15 is 0 Å². The second-order valence-corrected chi connectivity index (χ2v) is 8.20. The normalized spacial score (nSPS) is 15.4. The third-order valence-corrected chi connectivity index (χ3v) is 5.94. The van der Waals surface area contributed by atoms with Crippen molar-refractivity contribution in [2.24, 2.45) is 4.99 Å². The quantitative estimate of drug-likeness (QED) is 0.138. The molecule has 1 fully saturated rings. The van der Waals surface area contributed by atoms with Crippen molar-refractivity contribution in [3.8, 4) is 0 Å². The molecule has 0 spiro atoms. The van der Waals surface area contributed by atoms with E-state index in [0.29, 0.717) is 34.9 Å². The van der Waals surface area contributed by atoms with Crippen LogP contribution in [-0.4, -0.2) is 68.9 Å². The van der Waals surface area contributed by atoms with Crippen molar-refractivity contribution in [1.82, 2.24) is 24.7 Å². The molecule has 0 unspecified atom stereocenters. The summed E-state index contributed by atoms with van der Waals surface area (Å²) in [5.74, 6) is 1.06. The van der Waals surface area contributed by atoms with Gasteiger partial charge in [0.1, 0.15) is 5.82 Å². The van der Waals surface area contributed by atoms with Crippen molar-refractivity contribution in [3.63, 3.8) is 0 Å². The molecule has 1 aliphatic rings. The van der Waals surface area contributed by atoms with Crippen molar-refractivity contribution >= 4 is 52.2 Å². The number of fused-ring (bicyclic) bond motifs is 1. The second kappa shape index (κ2) is 10.2. The fourth-order valence-electron chi connectivity index (χ4n) is 3.04. The van der Waals surface area contributed by atoms with Crippen LogP contribution in [0.25, 0.3) is 11.2 Å². The molecule has 1 aromatic carbocycles. The van der Waals surface area contributed by atoms with Gasteiger partial charge in [-0.15, -0.1) is 0 Å². The Bertz CT molecular complexity index is 1070. The molecule has 0 atom stereocenters. The first kappa shape index (κ1) is 21.8. The van der Waals surface area contributed by atoms with Crippen molar-refractivity contribution in [2.75, 3.05) is 43.9 Å². The lowest BCUT2D eigenvalue weighted by atomic mass is 10.2. The van der Waals surface area contributed by atoms with Gasteiger partial charge in [0.15, 0.2) is 11.5 Å². The SMILES string of the molecule is ONC(=Nc1ccc(F)c(Cl)c1)c1ccnc2nc(NCCSN3CCOCC3)[nH]c12. The molecule has 3 heterocycles. The molecule has 164 valence electrons. The van der Waals surface area contributed by atoms with Gasteiger partial charge in [-0.2, -0.15) is 4.98 Å². The Morgan fingerprint density at radius 2 is 2.19 bits per heavy atom. The van der Waals surface area contributed by atoms with Gasteiger partial charge in [-0.1, -0.05) is 23.5 Å². The molecule has 0 amide bonds. The zero-order valence-corrected chi connectivity index (χ0v) is 18.0. The number of benzene rings is 1. The van der Waals surface area contributed by atoms with Gasteiger partial charge in [0, 0.05) is 37.1 Å². The van der Waals surface area contributed by atoms with Crippen LogP contribution in [-0.2, 0) is 4.74 Å². The number of morpholine rings is 1. The van der Waals surface area contributed by atoms with Crippen LogP contribution in [0.3, 0.4) is 0 Å². The van der Waals surface area contributed by atoms with Crippen molar-refractivity contribution in [1.29, 1.82) is 0 Å². The zero-order chi connectivity index (χ0) is 21.6. The molecule has 4 N–H and O–H groups in total. The number of anilines is 1. The fraction of sp³-hybridized carbons (Fsp3) is 0.316. The Morgan fingerprint density at radius 1 is 1.35 bits per heavy atom. The minimum absolute atomic E-state index is 0.0543. The molecular formula is C19H21ClFN7O2S. The van der Waals surface area contributed by atoms with Gasteiger partial charge in [0.05, 0.1) is 29.4 Å². The minimum Gasteiger partial charge on any atom is -0.379 e. The van der Waals surface area contributed by atoms with Crippen LogP contribution in [0.5, 0.6) is 0 Å². The van der Waals surface area contributed by atoms with E-state index in [-0.39, 0.29) is 10.9 Å². The van der Waals surface area contributed by atoms with E-state index < -0.39 is 5.82 Å². The number of nitrogens with zero attached hydrogens (tertiary/aromatic N) is 4. The number of hydrogen-bond donors (Lipinski definition) is 4. The molecular weight excluding hydrogens is 445 g/mol. The zero-order valence-electron chi connectivity index (χ0n) is 16.4. The van der Waals surface area contributed by atoms with E-state index in [4.69, 9.17) is 16.3 Å². The molecule has 0 bridgehead atoms. The molecule has 9 nitrogen and oxygen atoms in total. The van der Waals surface area contributed by atoms with Crippen LogP contribution in [0.4, 0.5) is 16.0 Å². The molecule has 0 aliphatic carbocycles. The number of halogens is 2. The van der Waals surface area contributed by atoms with Gasteiger partial charge >= 0.3 is 0 Å². The van der Waals surface area contributed by atoms with Gasteiger partial charge in [-0.3, -0.25) is 10.7 Å². The highest BCUT2D eigenvalue weighted by atomic mass is 35.5. The monoisotopic (exact) mass is 465 g/mol. The van der Waals surface area contributed by atoms with Gasteiger partial charge in [-0.25, -0.2) is 18.7 Å². The summed E-state index contributed by atoms with van der Waals surface area (Å²) in [6.07, 6.45) is 1.57. The molecule has 4 rings (SSSR count). The first-order valence-electron chi connectivity index (χ1n) is 9.62. The smallest absolute Gasteiger partial charge is 0.202 e. The molecule has 3 aromatic rings. The van der Waals surface area contributed by atoms with Crippen LogP contribution < -0.4 is 10.8 Å². The maximum absolute atomic E-state index is 13.4. The highest BCUT2D eigenvalue weighted by Crippen LogP contribution is 2.24. The Kier molecular flexibility index (Phi) is 7.20. The number of aromatic amines is 1. The van der Waals surface area contributed by atoms with Crippen LogP contribution in [0.15, 0.2) is 35.5 Å². The Morgan fingerprint density at radius 3 is 2.97 bits per heavy atom. The third kappa shape index (κ3) is 5.43. The van der Waals surface area contributed by atoms with E-state index in [1.165, 1.54) is 18.2 Å². The van der Waals surface area contributed by atoms with Gasteiger partial charge < -0.3 is 15.0 Å². The molecule has 31 heavy (non-hydrogen) atoms. The topological polar surface area (TPSA) is 111 Å². The molecule has 2 aromatic heterocycles. The molecule has 1 aliphatic heterocycles. The Hall–Kier alpha value is -2.44. The highest BCUT2D eigenvalue weighted by Gasteiger charge is 2.14. The fourth-order valence-corrected chi connectivity index (χ4v) is 4.07. The lowest BCUT2D eigenvalue weighted by molar-refractivity contribution is 0.0773. The summed E-state index contributed by atoms with van der Waals surface area (Å²) in [7, 11) is 0. The highest BCUT2D eigenvalue weighted by molar-refractivity contribution is 7.97. The summed E-state index contributed by atoms with van der Waals surface area (Å²) in [6, 6.07) is 5.74. The third-order valence-electron chi connectivity index (χ3n) is 4.54. The largest absolute Gasteiger partial charge is 0.379 e. The average molecular weight is 466 g/mol. The van der Waals surface area contributed by atoms with E-state index in [2.05, 4.69) is 35.0 Å². The number of imidazole rings is 1. The number of pyridine rings is 1. The Labute approximate surface area is 187 Å². The molecule has 1 saturated heterocycles. The van der Waals surface area contributed by atoms with E-state index in [1.54, 1.807) is 24.2 Å². The van der Waals surface area contributed by atoms with E-state index in [0.717, 1.165) is 32.1 Å².